The molecular formula is C42H60ClN5O7S. The number of ether oxygens (including phenoxy) is 4. The number of methoxy groups -OCH3 is 2. The van der Waals surface area contributed by atoms with Crippen LogP contribution in [-0.4, -0.2) is 132 Å². The van der Waals surface area contributed by atoms with Crippen LogP contribution in [-0.2, 0) is 36.1 Å². The zero-order chi connectivity index (χ0) is 39.5. The Kier molecular flexibility index (Phi) is 13.0. The molecule has 0 radical (unpaired) electrons. The molecule has 4 heterocycles. The van der Waals surface area contributed by atoms with Crippen LogP contribution < -0.4 is 14.4 Å². The highest BCUT2D eigenvalue weighted by Gasteiger charge is 2.50. The second kappa shape index (κ2) is 17.6. The first kappa shape index (κ1) is 41.4. The van der Waals surface area contributed by atoms with E-state index in [1.54, 1.807) is 19.1 Å². The Morgan fingerprint density at radius 2 is 1.96 bits per heavy atom. The molecule has 0 bridgehead atoms. The molecule has 5 atom stereocenters. The number of carbonyl (C=O) groups is 1. The summed E-state index contributed by atoms with van der Waals surface area (Å²) in [5.74, 6) is 0.935. The van der Waals surface area contributed by atoms with Crippen LogP contribution >= 0.6 is 11.6 Å². The molecule has 308 valence electrons. The maximum absolute atomic E-state index is 13.6. The van der Waals surface area contributed by atoms with E-state index in [1.807, 2.05) is 13.2 Å². The first-order valence-electron chi connectivity index (χ1n) is 20.5. The zero-order valence-corrected chi connectivity index (χ0v) is 35.1. The van der Waals surface area contributed by atoms with Gasteiger partial charge in [0.2, 0.25) is 10.0 Å². The van der Waals surface area contributed by atoms with E-state index in [-0.39, 0.29) is 36.0 Å². The Labute approximate surface area is 338 Å². The highest BCUT2D eigenvalue weighted by Crippen LogP contribution is 2.49. The van der Waals surface area contributed by atoms with Gasteiger partial charge in [0.15, 0.2) is 11.6 Å². The Hall–Kier alpha value is -2.78. The van der Waals surface area contributed by atoms with Gasteiger partial charge in [-0.1, -0.05) is 36.7 Å². The Balaban J connectivity index is 1.18. The Morgan fingerprint density at radius 3 is 2.64 bits per heavy atom. The third-order valence-electron chi connectivity index (χ3n) is 13.1. The molecule has 7 rings (SSSR count). The summed E-state index contributed by atoms with van der Waals surface area (Å²) in [7, 11) is -0.571. The number of hydrogen-bond donors (Lipinski definition) is 1. The molecule has 1 N–H and O–H groups in total. The first-order chi connectivity index (χ1) is 27.0. The second-order valence-corrected chi connectivity index (χ2v) is 19.1. The van der Waals surface area contributed by atoms with Gasteiger partial charge in [-0.25, -0.2) is 18.1 Å². The van der Waals surface area contributed by atoms with Crippen LogP contribution in [0, 0.1) is 11.8 Å². The van der Waals surface area contributed by atoms with Gasteiger partial charge in [-0.3, -0.25) is 14.6 Å². The molecule has 12 nitrogen and oxygen atoms in total. The van der Waals surface area contributed by atoms with Crippen LogP contribution in [0.4, 0.5) is 5.82 Å². The van der Waals surface area contributed by atoms with E-state index in [2.05, 4.69) is 50.6 Å². The lowest BCUT2D eigenvalue weighted by Gasteiger charge is -2.52. The number of sulfonamides is 1. The SMILES string of the molecule is CC/C=C/[C@](CN1CCN(C2COC2)CC1)(OC)[C@@H]1CC[C@H]1CN1C[C@@]2(CCCc3cc(Cl)ccc32)COc2ccc(C(=O)NS(=O)(=O)[C@@H](C)CCOC)nc21. The van der Waals surface area contributed by atoms with E-state index in [1.165, 1.54) is 18.2 Å². The maximum Gasteiger partial charge on any atom is 0.283 e. The van der Waals surface area contributed by atoms with Crippen LogP contribution in [0.25, 0.3) is 0 Å². The van der Waals surface area contributed by atoms with E-state index < -0.39 is 26.8 Å². The summed E-state index contributed by atoms with van der Waals surface area (Å²) in [5.41, 5.74) is 1.73. The number of pyridine rings is 1. The van der Waals surface area contributed by atoms with Crippen molar-refractivity contribution >= 4 is 33.3 Å². The largest absolute Gasteiger partial charge is 0.489 e. The lowest BCUT2D eigenvalue weighted by molar-refractivity contribution is -0.107. The van der Waals surface area contributed by atoms with E-state index >= 15 is 0 Å². The predicted octanol–water partition coefficient (Wildman–Crippen LogP) is 5.09. The molecule has 56 heavy (non-hydrogen) atoms. The predicted molar refractivity (Wildman–Crippen MR) is 218 cm³/mol. The van der Waals surface area contributed by atoms with Crippen LogP contribution in [0.2, 0.25) is 5.02 Å². The third kappa shape index (κ3) is 8.65. The summed E-state index contributed by atoms with van der Waals surface area (Å²) >= 11 is 6.51. The average Bonchev–Trinajstić information content (AvgIpc) is 3.30. The van der Waals surface area contributed by atoms with E-state index in [9.17, 15) is 13.2 Å². The average molecular weight is 814 g/mol. The summed E-state index contributed by atoms with van der Waals surface area (Å²) in [6.45, 7) is 12.4. The van der Waals surface area contributed by atoms with Crippen LogP contribution in [0.1, 0.15) is 74.0 Å². The number of amides is 1. The minimum atomic E-state index is -3.96. The van der Waals surface area contributed by atoms with Crippen molar-refractivity contribution in [2.75, 3.05) is 91.4 Å². The van der Waals surface area contributed by atoms with E-state index in [4.69, 9.17) is 35.5 Å². The minimum absolute atomic E-state index is 0.0292. The summed E-state index contributed by atoms with van der Waals surface area (Å²) in [6.07, 6.45) is 10.7. The second-order valence-electron chi connectivity index (χ2n) is 16.6. The summed E-state index contributed by atoms with van der Waals surface area (Å²) in [5, 5.41) is -0.0857. The van der Waals surface area contributed by atoms with Crippen molar-refractivity contribution in [2.24, 2.45) is 11.8 Å². The van der Waals surface area contributed by atoms with Crippen molar-refractivity contribution in [2.45, 2.75) is 81.1 Å². The van der Waals surface area contributed by atoms with Gasteiger partial charge in [-0.2, -0.15) is 0 Å². The Morgan fingerprint density at radius 1 is 1.16 bits per heavy atom. The Bertz CT molecular complexity index is 1840. The molecule has 1 aromatic heterocycles. The molecule has 3 fully saturated rings. The number of rotatable bonds is 15. The third-order valence-corrected chi connectivity index (χ3v) is 15.1. The molecule has 1 saturated carbocycles. The molecule has 0 unspecified atom stereocenters. The van der Waals surface area contributed by atoms with Crippen molar-refractivity contribution in [3.63, 3.8) is 0 Å². The smallest absolute Gasteiger partial charge is 0.283 e. The number of benzene rings is 1. The van der Waals surface area contributed by atoms with E-state index in [0.717, 1.165) is 89.5 Å². The van der Waals surface area contributed by atoms with Gasteiger partial charge in [-0.15, -0.1) is 0 Å². The van der Waals surface area contributed by atoms with Gasteiger partial charge in [0.25, 0.3) is 5.91 Å². The number of fused-ring (bicyclic) bond motifs is 3. The first-order valence-corrected chi connectivity index (χ1v) is 22.4. The number of aromatic nitrogens is 1. The quantitative estimate of drug-likeness (QED) is 0.242. The molecule has 1 amide bonds. The molecule has 2 aromatic rings. The van der Waals surface area contributed by atoms with Crippen LogP contribution in [0.3, 0.4) is 0 Å². The lowest BCUT2D eigenvalue weighted by Crippen LogP contribution is -2.61. The van der Waals surface area contributed by atoms with Gasteiger partial charge >= 0.3 is 0 Å². The fraction of sp³-hybridized carbons (Fsp3) is 0.667. The van der Waals surface area contributed by atoms with Gasteiger partial charge in [0.05, 0.1) is 31.1 Å². The van der Waals surface area contributed by atoms with Crippen molar-refractivity contribution in [3.8, 4) is 5.75 Å². The monoisotopic (exact) mass is 813 g/mol. The highest BCUT2D eigenvalue weighted by atomic mass is 35.5. The maximum atomic E-state index is 13.6. The molecule has 1 spiro atoms. The molecule has 14 heteroatoms. The number of hydrogen-bond acceptors (Lipinski definition) is 11. The van der Waals surface area contributed by atoms with Crippen molar-refractivity contribution in [1.29, 1.82) is 0 Å². The molecule has 2 aliphatic carbocycles. The standard InChI is InChI=1S/C42H60ClN5O7S/c1-5-6-17-42(53-4,28-46-18-20-47(21-19-46)34-25-54-26-34)36-11-9-32(36)24-48-27-41(16-7-8-31-23-33(43)10-12-35(31)41)29-55-38-14-13-37(44-39(38)48)40(49)45-56(50,51)30(2)15-22-52-3/h6,10,12-14,17,23,30,32,34,36H,5,7-9,11,15-16,18-22,24-29H2,1-4H3,(H,45,49)/b17-6+/t30-,32-,36+,41-,42+/m0/s1. The van der Waals surface area contributed by atoms with Gasteiger partial charge in [-0.05, 0) is 99.1 Å². The fourth-order valence-corrected chi connectivity index (χ4v) is 10.7. The van der Waals surface area contributed by atoms with Gasteiger partial charge in [0.1, 0.15) is 11.3 Å². The number of nitrogens with zero attached hydrogens (tertiary/aromatic N) is 4. The zero-order valence-electron chi connectivity index (χ0n) is 33.5. The molecular weight excluding hydrogens is 754 g/mol. The van der Waals surface area contributed by atoms with E-state index in [0.29, 0.717) is 37.3 Å². The number of piperazine rings is 1. The minimum Gasteiger partial charge on any atom is -0.489 e. The topological polar surface area (TPSA) is 123 Å². The van der Waals surface area contributed by atoms with Gasteiger partial charge < -0.3 is 23.8 Å². The molecule has 2 saturated heterocycles. The van der Waals surface area contributed by atoms with Crippen LogP contribution in [0.15, 0.2) is 42.5 Å². The number of carbonyl (C=O) groups excluding carboxylic acids is 1. The fourth-order valence-electron chi connectivity index (χ4n) is 9.51. The summed E-state index contributed by atoms with van der Waals surface area (Å²) in [6, 6.07) is 10.1. The molecule has 3 aliphatic heterocycles. The summed E-state index contributed by atoms with van der Waals surface area (Å²) in [4.78, 5) is 26.0. The van der Waals surface area contributed by atoms with Crippen molar-refractivity contribution < 1.29 is 32.2 Å². The molecule has 1 aromatic carbocycles. The molecule has 5 aliphatic rings. The van der Waals surface area contributed by atoms with Crippen molar-refractivity contribution in [3.05, 3.63) is 64.3 Å². The summed E-state index contributed by atoms with van der Waals surface area (Å²) < 4.78 is 52.3. The van der Waals surface area contributed by atoms with Crippen molar-refractivity contribution in [1.82, 2.24) is 19.5 Å². The number of allylic oxidation sites excluding steroid dienone is 1. The normalized spacial score (nSPS) is 26.3. The highest BCUT2D eigenvalue weighted by molar-refractivity contribution is 7.90. The number of halogens is 1. The number of aryl methyl sites for hydroxylation is 1. The van der Waals surface area contributed by atoms with Crippen LogP contribution in [0.5, 0.6) is 5.75 Å². The lowest BCUT2D eigenvalue weighted by atomic mass is 9.63. The number of nitrogens with one attached hydrogen (secondary N) is 1. The number of anilines is 1. The van der Waals surface area contributed by atoms with Gasteiger partial charge in [0, 0.05) is 77.1 Å².